The largest absolute Gasteiger partial charge is 0.488 e. The van der Waals surface area contributed by atoms with E-state index in [0.29, 0.717) is 12.8 Å². The topological polar surface area (TPSA) is 69.4 Å². The van der Waals surface area contributed by atoms with Crippen molar-refractivity contribution in [1.29, 1.82) is 0 Å². The minimum atomic E-state index is -3.61. The Kier molecular flexibility index (Phi) is 5.11. The van der Waals surface area contributed by atoms with Gasteiger partial charge in [-0.05, 0) is 25.0 Å². The zero-order valence-electron chi connectivity index (χ0n) is 11.6. The van der Waals surface area contributed by atoms with E-state index in [1.807, 2.05) is 0 Å². The van der Waals surface area contributed by atoms with Gasteiger partial charge in [0, 0.05) is 5.41 Å². The molecule has 0 atom stereocenters. The molecular weight excluding hydrogens is 317 g/mol. The van der Waals surface area contributed by atoms with E-state index < -0.39 is 21.3 Å². The number of hydrogen-bond donors (Lipinski definition) is 1. The van der Waals surface area contributed by atoms with Crippen LogP contribution in [0.2, 0.25) is 5.02 Å². The molecule has 0 aromatic heterocycles. The molecule has 2 N–H and O–H groups in total. The fourth-order valence-electron chi connectivity index (χ4n) is 2.90. The highest BCUT2D eigenvalue weighted by Crippen LogP contribution is 2.39. The van der Waals surface area contributed by atoms with Crippen molar-refractivity contribution in [1.82, 2.24) is 0 Å². The molecule has 1 aliphatic rings. The van der Waals surface area contributed by atoms with Crippen molar-refractivity contribution in [2.45, 2.75) is 32.1 Å². The van der Waals surface area contributed by atoms with Crippen LogP contribution in [0.5, 0.6) is 5.75 Å². The van der Waals surface area contributed by atoms with Crippen LogP contribution in [0.15, 0.2) is 18.2 Å². The molecule has 7 heteroatoms. The van der Waals surface area contributed by atoms with Crippen LogP contribution < -0.4 is 9.88 Å². The van der Waals surface area contributed by atoms with Gasteiger partial charge in [-0.3, -0.25) is 0 Å². The SMILES string of the molecule is NS(=O)(=O)CC1(COc2c(F)cccc2Cl)CCCCC1. The van der Waals surface area contributed by atoms with Crippen LogP contribution in [0, 0.1) is 11.2 Å². The number of halogens is 2. The van der Waals surface area contributed by atoms with Crippen molar-refractivity contribution in [3.05, 3.63) is 29.0 Å². The molecule has 1 aromatic carbocycles. The Morgan fingerprint density at radius 2 is 1.95 bits per heavy atom. The quantitative estimate of drug-likeness (QED) is 0.898. The average Bonchev–Trinajstić information content (AvgIpc) is 2.37. The van der Waals surface area contributed by atoms with Gasteiger partial charge >= 0.3 is 0 Å². The van der Waals surface area contributed by atoms with E-state index in [-0.39, 0.29) is 23.1 Å². The first-order chi connectivity index (χ1) is 9.81. The lowest BCUT2D eigenvalue weighted by molar-refractivity contribution is 0.115. The highest BCUT2D eigenvalue weighted by molar-refractivity contribution is 7.89. The monoisotopic (exact) mass is 335 g/mol. The number of hydrogen-bond acceptors (Lipinski definition) is 3. The molecule has 118 valence electrons. The van der Waals surface area contributed by atoms with Gasteiger partial charge in [0.15, 0.2) is 11.6 Å². The van der Waals surface area contributed by atoms with E-state index in [1.165, 1.54) is 18.2 Å². The molecule has 0 aliphatic heterocycles. The van der Waals surface area contributed by atoms with Crippen LogP contribution in [0.1, 0.15) is 32.1 Å². The Hall–Kier alpha value is -0.850. The molecule has 1 fully saturated rings. The highest BCUT2D eigenvalue weighted by atomic mass is 35.5. The first kappa shape index (κ1) is 16.5. The normalized spacial score (nSPS) is 18.4. The number of nitrogens with two attached hydrogens (primary N) is 1. The summed E-state index contributed by atoms with van der Waals surface area (Å²) in [4.78, 5) is 0. The Bertz CT molecular complexity index is 580. The summed E-state index contributed by atoms with van der Waals surface area (Å²) >= 11 is 5.92. The Balaban J connectivity index is 2.16. The van der Waals surface area contributed by atoms with Gasteiger partial charge in [-0.15, -0.1) is 0 Å². The van der Waals surface area contributed by atoms with Gasteiger partial charge in [-0.2, -0.15) is 0 Å². The number of ether oxygens (including phenoxy) is 1. The van der Waals surface area contributed by atoms with Crippen LogP contribution in [0.3, 0.4) is 0 Å². The number of para-hydroxylation sites is 1. The van der Waals surface area contributed by atoms with Crippen molar-refractivity contribution in [2.24, 2.45) is 10.6 Å². The van der Waals surface area contributed by atoms with Crippen molar-refractivity contribution < 1.29 is 17.5 Å². The molecule has 0 amide bonds. The molecule has 0 heterocycles. The van der Waals surface area contributed by atoms with Crippen molar-refractivity contribution in [2.75, 3.05) is 12.4 Å². The van der Waals surface area contributed by atoms with E-state index >= 15 is 0 Å². The summed E-state index contributed by atoms with van der Waals surface area (Å²) in [6.07, 6.45) is 4.31. The second kappa shape index (κ2) is 6.50. The minimum Gasteiger partial charge on any atom is -0.488 e. The number of primary sulfonamides is 1. The first-order valence-electron chi connectivity index (χ1n) is 6.89. The van der Waals surface area contributed by atoms with E-state index in [2.05, 4.69) is 0 Å². The van der Waals surface area contributed by atoms with Crippen molar-refractivity contribution in [3.63, 3.8) is 0 Å². The molecule has 2 rings (SSSR count). The average molecular weight is 336 g/mol. The van der Waals surface area contributed by atoms with Gasteiger partial charge in [-0.25, -0.2) is 17.9 Å². The van der Waals surface area contributed by atoms with Gasteiger partial charge < -0.3 is 4.74 Å². The highest BCUT2D eigenvalue weighted by Gasteiger charge is 2.37. The zero-order chi connectivity index (χ0) is 15.5. The molecule has 0 bridgehead atoms. The summed E-state index contributed by atoms with van der Waals surface area (Å²) < 4.78 is 42.2. The van der Waals surface area contributed by atoms with Crippen LogP contribution in [0.4, 0.5) is 4.39 Å². The molecule has 0 spiro atoms. The molecule has 0 saturated heterocycles. The maximum absolute atomic E-state index is 13.7. The summed E-state index contributed by atoms with van der Waals surface area (Å²) in [5, 5.41) is 5.37. The lowest BCUT2D eigenvalue weighted by Crippen LogP contribution is -2.40. The summed E-state index contributed by atoms with van der Waals surface area (Å²) in [6, 6.07) is 4.28. The summed E-state index contributed by atoms with van der Waals surface area (Å²) in [5.41, 5.74) is -0.558. The van der Waals surface area contributed by atoms with E-state index in [4.69, 9.17) is 21.5 Å². The third-order valence-electron chi connectivity index (χ3n) is 3.86. The van der Waals surface area contributed by atoms with E-state index in [9.17, 15) is 12.8 Å². The maximum atomic E-state index is 13.7. The van der Waals surface area contributed by atoms with Crippen molar-refractivity contribution in [3.8, 4) is 5.75 Å². The van der Waals surface area contributed by atoms with Crippen LogP contribution in [0.25, 0.3) is 0 Å². The van der Waals surface area contributed by atoms with Gasteiger partial charge in [0.05, 0.1) is 17.4 Å². The van der Waals surface area contributed by atoms with E-state index in [1.54, 1.807) is 0 Å². The molecular formula is C14H19ClFNO3S. The Labute approximate surface area is 129 Å². The Morgan fingerprint density at radius 1 is 1.29 bits per heavy atom. The van der Waals surface area contributed by atoms with Crippen molar-refractivity contribution >= 4 is 21.6 Å². The lowest BCUT2D eigenvalue weighted by Gasteiger charge is -2.36. The number of rotatable bonds is 5. The molecule has 4 nitrogen and oxygen atoms in total. The van der Waals surface area contributed by atoms with Crippen LogP contribution in [-0.2, 0) is 10.0 Å². The second-order valence-electron chi connectivity index (χ2n) is 5.71. The summed E-state index contributed by atoms with van der Waals surface area (Å²) in [5.74, 6) is -0.728. The third-order valence-corrected chi connectivity index (χ3v) is 5.18. The molecule has 0 unspecified atom stereocenters. The molecule has 1 saturated carbocycles. The number of benzene rings is 1. The molecule has 1 aliphatic carbocycles. The lowest BCUT2D eigenvalue weighted by atomic mass is 9.76. The molecule has 0 radical (unpaired) electrons. The predicted octanol–water partition coefficient (Wildman–Crippen LogP) is 3.10. The van der Waals surface area contributed by atoms with Crippen LogP contribution >= 0.6 is 11.6 Å². The minimum absolute atomic E-state index is 0.0291. The van der Waals surface area contributed by atoms with Gasteiger partial charge in [0.1, 0.15) is 0 Å². The second-order valence-corrected chi connectivity index (χ2v) is 7.73. The smallest absolute Gasteiger partial charge is 0.209 e. The standard InChI is InChI=1S/C14H19ClFNO3S/c15-11-5-4-6-12(16)13(11)20-9-14(10-21(17,18)19)7-2-1-3-8-14/h4-6H,1-3,7-10H2,(H2,17,18,19). The summed E-state index contributed by atoms with van der Waals surface area (Å²) in [6.45, 7) is 0.101. The fourth-order valence-corrected chi connectivity index (χ4v) is 4.35. The Morgan fingerprint density at radius 3 is 2.52 bits per heavy atom. The predicted molar refractivity (Wildman–Crippen MR) is 80.4 cm³/mol. The van der Waals surface area contributed by atoms with Gasteiger partial charge in [0.25, 0.3) is 0 Å². The molecule has 21 heavy (non-hydrogen) atoms. The molecule has 1 aromatic rings. The van der Waals surface area contributed by atoms with Gasteiger partial charge in [0.2, 0.25) is 10.0 Å². The van der Waals surface area contributed by atoms with E-state index in [0.717, 1.165) is 19.3 Å². The van der Waals surface area contributed by atoms with Gasteiger partial charge in [-0.1, -0.05) is 36.9 Å². The first-order valence-corrected chi connectivity index (χ1v) is 8.98. The summed E-state index contributed by atoms with van der Waals surface area (Å²) in [7, 11) is -3.61. The zero-order valence-corrected chi connectivity index (χ0v) is 13.2. The van der Waals surface area contributed by atoms with Crippen LogP contribution in [-0.4, -0.2) is 20.8 Å². The third kappa shape index (κ3) is 4.56. The maximum Gasteiger partial charge on any atom is 0.209 e. The fraction of sp³-hybridized carbons (Fsp3) is 0.571. The number of sulfonamides is 1.